The van der Waals surface area contributed by atoms with Crippen molar-refractivity contribution in [1.82, 2.24) is 5.32 Å². The third-order valence-electron chi connectivity index (χ3n) is 2.28. The van der Waals surface area contributed by atoms with Gasteiger partial charge in [0.05, 0.1) is 0 Å². The summed E-state index contributed by atoms with van der Waals surface area (Å²) in [6, 6.07) is 0. The zero-order chi connectivity index (χ0) is 11.8. The van der Waals surface area contributed by atoms with Gasteiger partial charge in [0.1, 0.15) is 0 Å². The predicted octanol–water partition coefficient (Wildman–Crippen LogP) is 1.11. The molecule has 0 spiro atoms. The van der Waals surface area contributed by atoms with Gasteiger partial charge >= 0.3 is 5.97 Å². The molecule has 1 aliphatic rings. The lowest BCUT2D eigenvalue weighted by Gasteiger charge is -2.04. The number of aliphatic carboxylic acids is 1. The lowest BCUT2D eigenvalue weighted by Crippen LogP contribution is -2.24. The molecular weight excluding hydrogens is 208 g/mol. The molecule has 16 heavy (non-hydrogen) atoms. The van der Waals surface area contributed by atoms with Crippen molar-refractivity contribution < 1.29 is 14.7 Å². The number of carbonyl (C=O) groups excluding carboxylic acids is 1. The van der Waals surface area contributed by atoms with Crippen LogP contribution in [-0.4, -0.2) is 29.7 Å². The number of aliphatic imine (C=N–C) groups is 1. The van der Waals surface area contributed by atoms with E-state index in [0.717, 1.165) is 12.8 Å². The van der Waals surface area contributed by atoms with E-state index in [1.54, 1.807) is 6.20 Å². The van der Waals surface area contributed by atoms with Crippen molar-refractivity contribution in [2.75, 3.05) is 6.54 Å². The summed E-state index contributed by atoms with van der Waals surface area (Å²) in [4.78, 5) is 25.5. The van der Waals surface area contributed by atoms with Crippen molar-refractivity contribution in [1.29, 1.82) is 0 Å². The highest BCUT2D eigenvalue weighted by molar-refractivity contribution is 5.76. The summed E-state index contributed by atoms with van der Waals surface area (Å²) in [6.45, 7) is 0.431. The van der Waals surface area contributed by atoms with Crippen molar-refractivity contribution >= 4 is 18.1 Å². The minimum absolute atomic E-state index is 0.0295. The summed E-state index contributed by atoms with van der Waals surface area (Å²) in [5, 5.41) is 11.1. The minimum Gasteiger partial charge on any atom is -0.481 e. The van der Waals surface area contributed by atoms with Crippen molar-refractivity contribution in [2.45, 2.75) is 32.1 Å². The van der Waals surface area contributed by atoms with E-state index in [9.17, 15) is 9.59 Å². The number of nitrogens with one attached hydrogen (secondary N) is 1. The Labute approximate surface area is 94.3 Å². The molecule has 0 saturated heterocycles. The number of hydrogen-bond acceptors (Lipinski definition) is 3. The summed E-state index contributed by atoms with van der Waals surface area (Å²) in [5.74, 6) is -0.860. The molecule has 0 aromatic carbocycles. The molecule has 1 heterocycles. The topological polar surface area (TPSA) is 78.8 Å². The van der Waals surface area contributed by atoms with Gasteiger partial charge in [0.15, 0.2) is 0 Å². The van der Waals surface area contributed by atoms with Gasteiger partial charge in [0, 0.05) is 38.2 Å². The number of hydrogen-bond donors (Lipinski definition) is 2. The van der Waals surface area contributed by atoms with Crippen LogP contribution in [0.4, 0.5) is 0 Å². The Kier molecular flexibility index (Phi) is 5.25. The van der Waals surface area contributed by atoms with Gasteiger partial charge in [0.25, 0.3) is 0 Å². The Bertz CT molecular complexity index is 321. The Balaban J connectivity index is 2.00. The van der Waals surface area contributed by atoms with Crippen LogP contribution in [0.15, 0.2) is 16.8 Å². The first-order valence-electron chi connectivity index (χ1n) is 5.36. The van der Waals surface area contributed by atoms with Crippen LogP contribution in [-0.2, 0) is 9.59 Å². The summed E-state index contributed by atoms with van der Waals surface area (Å²) in [7, 11) is 0. The standard InChI is InChI=1S/C11H16N2O3/c14-10(13-6-1-2-11(15)16)4-3-9-5-7-12-8-9/h7-8H,1-6H2,(H,13,14)(H,15,16). The Morgan fingerprint density at radius 1 is 1.44 bits per heavy atom. The second-order valence-electron chi connectivity index (χ2n) is 3.67. The second-order valence-corrected chi connectivity index (χ2v) is 3.67. The third-order valence-corrected chi connectivity index (χ3v) is 2.28. The second kappa shape index (κ2) is 6.76. The fourth-order valence-corrected chi connectivity index (χ4v) is 1.38. The smallest absolute Gasteiger partial charge is 0.303 e. The van der Waals surface area contributed by atoms with Gasteiger partial charge in [-0.2, -0.15) is 0 Å². The van der Waals surface area contributed by atoms with Crippen LogP contribution >= 0.6 is 0 Å². The van der Waals surface area contributed by atoms with Crippen molar-refractivity contribution in [3.8, 4) is 0 Å². The van der Waals surface area contributed by atoms with E-state index in [0.29, 0.717) is 19.4 Å². The maximum absolute atomic E-state index is 11.3. The summed E-state index contributed by atoms with van der Waals surface area (Å²) < 4.78 is 0. The van der Waals surface area contributed by atoms with E-state index in [1.807, 2.05) is 6.21 Å². The van der Waals surface area contributed by atoms with Crippen LogP contribution < -0.4 is 5.32 Å². The molecule has 2 N–H and O–H groups in total. The molecule has 0 aromatic rings. The number of rotatable bonds is 7. The molecule has 1 amide bonds. The van der Waals surface area contributed by atoms with E-state index >= 15 is 0 Å². The van der Waals surface area contributed by atoms with E-state index in [4.69, 9.17) is 5.11 Å². The minimum atomic E-state index is -0.831. The predicted molar refractivity (Wildman–Crippen MR) is 60.3 cm³/mol. The molecule has 5 heteroatoms. The SMILES string of the molecule is O=C(O)CCCNC(=O)CCC1=CN=CC1. The van der Waals surface area contributed by atoms with Gasteiger partial charge < -0.3 is 10.4 Å². The molecule has 0 atom stereocenters. The molecule has 5 nitrogen and oxygen atoms in total. The molecule has 0 aromatic heterocycles. The number of allylic oxidation sites excluding steroid dienone is 1. The fourth-order valence-electron chi connectivity index (χ4n) is 1.38. The lowest BCUT2D eigenvalue weighted by atomic mass is 10.1. The molecule has 0 fully saturated rings. The molecule has 0 unspecified atom stereocenters. The zero-order valence-electron chi connectivity index (χ0n) is 9.11. The third kappa shape index (κ3) is 5.29. The number of carbonyl (C=O) groups is 2. The first-order chi connectivity index (χ1) is 7.68. The first-order valence-corrected chi connectivity index (χ1v) is 5.36. The van der Waals surface area contributed by atoms with Gasteiger partial charge in [-0.1, -0.05) is 0 Å². The fraction of sp³-hybridized carbons (Fsp3) is 0.545. The summed E-state index contributed by atoms with van der Waals surface area (Å²) >= 11 is 0. The van der Waals surface area contributed by atoms with Crippen LogP contribution in [0.2, 0.25) is 0 Å². The maximum atomic E-state index is 11.3. The zero-order valence-corrected chi connectivity index (χ0v) is 9.11. The lowest BCUT2D eigenvalue weighted by molar-refractivity contribution is -0.137. The number of nitrogens with zero attached hydrogens (tertiary/aromatic N) is 1. The van der Waals surface area contributed by atoms with Gasteiger partial charge in [0.2, 0.25) is 5.91 Å². The van der Waals surface area contributed by atoms with Crippen molar-refractivity contribution in [2.24, 2.45) is 4.99 Å². The summed E-state index contributed by atoms with van der Waals surface area (Å²) in [5.41, 5.74) is 1.17. The number of carboxylic acids is 1. The highest BCUT2D eigenvalue weighted by Crippen LogP contribution is 2.12. The molecular formula is C11H16N2O3. The Morgan fingerprint density at radius 3 is 2.88 bits per heavy atom. The molecule has 88 valence electrons. The van der Waals surface area contributed by atoms with Crippen molar-refractivity contribution in [3.63, 3.8) is 0 Å². The molecule has 1 rings (SSSR count). The van der Waals surface area contributed by atoms with Crippen molar-refractivity contribution in [3.05, 3.63) is 11.8 Å². The van der Waals surface area contributed by atoms with E-state index in [-0.39, 0.29) is 12.3 Å². The Morgan fingerprint density at radius 2 is 2.25 bits per heavy atom. The Hall–Kier alpha value is -1.65. The first kappa shape index (κ1) is 12.4. The van der Waals surface area contributed by atoms with Gasteiger partial charge in [-0.25, -0.2) is 0 Å². The van der Waals surface area contributed by atoms with E-state index in [1.165, 1.54) is 5.57 Å². The van der Waals surface area contributed by atoms with Gasteiger partial charge in [-0.15, -0.1) is 0 Å². The normalized spacial score (nSPS) is 13.6. The molecule has 0 bridgehead atoms. The average Bonchev–Trinajstić information content (AvgIpc) is 2.74. The van der Waals surface area contributed by atoms with E-state index < -0.39 is 5.97 Å². The number of carboxylic acid groups (broad SMARTS) is 1. The van der Waals surface area contributed by atoms with Crippen LogP contribution in [0.5, 0.6) is 0 Å². The van der Waals surface area contributed by atoms with Crippen LogP contribution in [0.25, 0.3) is 0 Å². The monoisotopic (exact) mass is 224 g/mol. The average molecular weight is 224 g/mol. The van der Waals surface area contributed by atoms with Crippen LogP contribution in [0, 0.1) is 0 Å². The molecule has 0 saturated carbocycles. The van der Waals surface area contributed by atoms with Crippen LogP contribution in [0.1, 0.15) is 32.1 Å². The summed E-state index contributed by atoms with van der Waals surface area (Å²) in [6.07, 6.45) is 6.20. The largest absolute Gasteiger partial charge is 0.481 e. The van der Waals surface area contributed by atoms with E-state index in [2.05, 4.69) is 10.3 Å². The highest BCUT2D eigenvalue weighted by Gasteiger charge is 2.05. The highest BCUT2D eigenvalue weighted by atomic mass is 16.4. The maximum Gasteiger partial charge on any atom is 0.303 e. The quantitative estimate of drug-likeness (QED) is 0.636. The number of amides is 1. The molecule has 0 radical (unpaired) electrons. The molecule has 0 aliphatic carbocycles. The van der Waals surface area contributed by atoms with Crippen LogP contribution in [0.3, 0.4) is 0 Å². The molecule has 1 aliphatic heterocycles. The van der Waals surface area contributed by atoms with Gasteiger partial charge in [-0.3, -0.25) is 14.6 Å². The van der Waals surface area contributed by atoms with Gasteiger partial charge in [-0.05, 0) is 18.4 Å².